The Morgan fingerprint density at radius 1 is 1.12 bits per heavy atom. The van der Waals surface area contributed by atoms with E-state index in [1.807, 2.05) is 13.8 Å². The summed E-state index contributed by atoms with van der Waals surface area (Å²) in [7, 11) is 0. The van der Waals surface area contributed by atoms with Crippen molar-refractivity contribution in [2.24, 2.45) is 0 Å². The number of hydrogen-bond donors (Lipinski definition) is 1. The number of nitrogens with one attached hydrogen (secondary N) is 1. The molecule has 0 radical (unpaired) electrons. The van der Waals surface area contributed by atoms with Crippen LogP contribution in [0.2, 0.25) is 0 Å². The molecule has 174 valence electrons. The summed E-state index contributed by atoms with van der Waals surface area (Å²) in [6, 6.07) is 12.6. The minimum atomic E-state index is -0.422. The van der Waals surface area contributed by atoms with Gasteiger partial charge in [0.05, 0.1) is 11.7 Å². The third-order valence-electron chi connectivity index (χ3n) is 5.47. The smallest absolute Gasteiger partial charge is 0.263 e. The van der Waals surface area contributed by atoms with Gasteiger partial charge < -0.3 is 10.2 Å². The van der Waals surface area contributed by atoms with Crippen molar-refractivity contribution in [3.05, 3.63) is 82.0 Å². The number of anilines is 1. The van der Waals surface area contributed by atoms with Crippen LogP contribution in [0.1, 0.15) is 24.2 Å². The van der Waals surface area contributed by atoms with Crippen LogP contribution in [0.4, 0.5) is 10.1 Å². The van der Waals surface area contributed by atoms with E-state index in [-0.39, 0.29) is 23.8 Å². The largest absolute Gasteiger partial charge is 0.339 e. The lowest BCUT2D eigenvalue weighted by molar-refractivity contribution is -0.116. The van der Waals surface area contributed by atoms with Gasteiger partial charge >= 0.3 is 0 Å². The van der Waals surface area contributed by atoms with Crippen LogP contribution in [0, 0.1) is 5.82 Å². The Labute approximate surface area is 199 Å². The zero-order valence-electron chi connectivity index (χ0n) is 18.7. The summed E-state index contributed by atoms with van der Waals surface area (Å²) in [5.74, 6) is -0.898. The van der Waals surface area contributed by atoms with Gasteiger partial charge in [0.2, 0.25) is 5.91 Å². The van der Waals surface area contributed by atoms with E-state index in [0.717, 1.165) is 0 Å². The van der Waals surface area contributed by atoms with Crippen LogP contribution >= 0.6 is 11.3 Å². The molecule has 2 heterocycles. The molecule has 0 aliphatic rings. The number of thiophene rings is 1. The average molecular weight is 479 g/mol. The Morgan fingerprint density at radius 2 is 1.85 bits per heavy atom. The summed E-state index contributed by atoms with van der Waals surface area (Å²) in [5, 5.41) is 4.93. The molecule has 0 aliphatic heterocycles. The molecule has 1 N–H and O–H groups in total. The zero-order chi connectivity index (χ0) is 24.2. The lowest BCUT2D eigenvalue weighted by Gasteiger charge is -2.19. The van der Waals surface area contributed by atoms with Gasteiger partial charge in [-0.2, -0.15) is 0 Å². The fraction of sp³-hybridized carbons (Fsp3) is 0.200. The summed E-state index contributed by atoms with van der Waals surface area (Å²) in [6.45, 7) is 4.75. The summed E-state index contributed by atoms with van der Waals surface area (Å²) in [6.07, 6.45) is 1.34. The molecule has 0 atom stereocenters. The van der Waals surface area contributed by atoms with Crippen molar-refractivity contribution >= 4 is 39.1 Å². The van der Waals surface area contributed by atoms with Crippen molar-refractivity contribution in [3.8, 4) is 11.1 Å². The minimum absolute atomic E-state index is 0.113. The van der Waals surface area contributed by atoms with Crippen LogP contribution in [-0.4, -0.2) is 39.4 Å². The summed E-state index contributed by atoms with van der Waals surface area (Å²) in [4.78, 5) is 45.0. The first kappa shape index (κ1) is 23.3. The van der Waals surface area contributed by atoms with Crippen LogP contribution in [0.15, 0.2) is 65.0 Å². The topological polar surface area (TPSA) is 84.3 Å². The molecule has 0 saturated carbocycles. The van der Waals surface area contributed by atoms with Crippen LogP contribution in [0.5, 0.6) is 0 Å². The standard InChI is InChI=1S/C25H23FN4O3S/c1-3-29(4-2)24(32)17-6-5-7-19(12-17)28-21(31)13-30-15-27-23-22(25(30)33)20(14-34-23)16-8-10-18(26)11-9-16/h5-12,14-15H,3-4,13H2,1-2H3,(H,28,31). The molecule has 0 aliphatic carbocycles. The SMILES string of the molecule is CCN(CC)C(=O)c1cccc(NC(=O)Cn2cnc3scc(-c4ccc(F)cc4)c3c2=O)c1. The number of amides is 2. The molecule has 0 saturated heterocycles. The predicted octanol–water partition coefficient (Wildman–Crippen LogP) is 4.38. The Bertz CT molecular complexity index is 1410. The third kappa shape index (κ3) is 4.74. The van der Waals surface area contributed by atoms with Gasteiger partial charge in [-0.25, -0.2) is 9.37 Å². The number of nitrogens with zero attached hydrogens (tertiary/aromatic N) is 3. The highest BCUT2D eigenvalue weighted by molar-refractivity contribution is 7.17. The van der Waals surface area contributed by atoms with E-state index in [0.29, 0.717) is 45.7 Å². The molecule has 2 amide bonds. The molecule has 4 aromatic rings. The first-order valence-electron chi connectivity index (χ1n) is 10.8. The Kier molecular flexibility index (Phi) is 6.83. The first-order chi connectivity index (χ1) is 16.4. The molecule has 7 nitrogen and oxygen atoms in total. The third-order valence-corrected chi connectivity index (χ3v) is 6.36. The average Bonchev–Trinajstić information content (AvgIpc) is 3.27. The normalized spacial score (nSPS) is 10.9. The van der Waals surface area contributed by atoms with Crippen molar-refractivity contribution in [2.75, 3.05) is 18.4 Å². The lowest BCUT2D eigenvalue weighted by atomic mass is 10.1. The van der Waals surface area contributed by atoms with Gasteiger partial charge in [-0.3, -0.25) is 19.0 Å². The first-order valence-corrected chi connectivity index (χ1v) is 11.7. The van der Waals surface area contributed by atoms with Gasteiger partial charge in [0, 0.05) is 35.3 Å². The molecular weight excluding hydrogens is 455 g/mol. The van der Waals surface area contributed by atoms with Crippen molar-refractivity contribution in [1.82, 2.24) is 14.5 Å². The maximum atomic E-state index is 13.3. The second-order valence-electron chi connectivity index (χ2n) is 7.62. The fourth-order valence-corrected chi connectivity index (χ4v) is 4.61. The maximum Gasteiger partial charge on any atom is 0.263 e. The van der Waals surface area contributed by atoms with Gasteiger partial charge in [0.1, 0.15) is 17.2 Å². The summed E-state index contributed by atoms with van der Waals surface area (Å²) in [5.41, 5.74) is 1.93. The molecule has 9 heteroatoms. The van der Waals surface area contributed by atoms with Crippen molar-refractivity contribution in [1.29, 1.82) is 0 Å². The minimum Gasteiger partial charge on any atom is -0.339 e. The molecule has 0 spiro atoms. The number of benzene rings is 2. The molecule has 2 aromatic heterocycles. The van der Waals surface area contributed by atoms with Gasteiger partial charge in [0.25, 0.3) is 11.5 Å². The monoisotopic (exact) mass is 478 g/mol. The van der Waals surface area contributed by atoms with Crippen LogP contribution in [0.3, 0.4) is 0 Å². The van der Waals surface area contributed by atoms with Crippen molar-refractivity contribution < 1.29 is 14.0 Å². The number of fused-ring (bicyclic) bond motifs is 1. The van der Waals surface area contributed by atoms with Gasteiger partial charge in [-0.15, -0.1) is 11.3 Å². The Balaban J connectivity index is 1.56. The highest BCUT2D eigenvalue weighted by Gasteiger charge is 2.16. The second-order valence-corrected chi connectivity index (χ2v) is 8.48. The van der Waals surface area contributed by atoms with Crippen molar-refractivity contribution in [2.45, 2.75) is 20.4 Å². The molecule has 4 rings (SSSR count). The summed E-state index contributed by atoms with van der Waals surface area (Å²) < 4.78 is 14.6. The zero-order valence-corrected chi connectivity index (χ0v) is 19.6. The van der Waals surface area contributed by atoms with Crippen LogP contribution < -0.4 is 10.9 Å². The number of rotatable bonds is 7. The van der Waals surface area contributed by atoms with E-state index >= 15 is 0 Å². The Hall–Kier alpha value is -3.85. The van der Waals surface area contributed by atoms with E-state index in [2.05, 4.69) is 10.3 Å². The van der Waals surface area contributed by atoms with Crippen LogP contribution in [0.25, 0.3) is 21.3 Å². The number of carbonyl (C=O) groups excluding carboxylic acids is 2. The van der Waals surface area contributed by atoms with E-state index in [4.69, 9.17) is 0 Å². The van der Waals surface area contributed by atoms with Gasteiger partial charge in [0.15, 0.2) is 0 Å². The second kappa shape index (κ2) is 9.96. The molecule has 0 unspecified atom stereocenters. The van der Waals surface area contributed by atoms with Gasteiger partial charge in [-0.1, -0.05) is 18.2 Å². The van der Waals surface area contributed by atoms with Gasteiger partial charge in [-0.05, 0) is 49.7 Å². The predicted molar refractivity (Wildman–Crippen MR) is 132 cm³/mol. The van der Waals surface area contributed by atoms with Crippen molar-refractivity contribution in [3.63, 3.8) is 0 Å². The number of carbonyl (C=O) groups is 2. The fourth-order valence-electron chi connectivity index (χ4n) is 3.70. The quantitative estimate of drug-likeness (QED) is 0.427. The summed E-state index contributed by atoms with van der Waals surface area (Å²) >= 11 is 1.31. The van der Waals surface area contributed by atoms with E-state index in [9.17, 15) is 18.8 Å². The van der Waals surface area contributed by atoms with E-state index in [1.54, 1.807) is 46.7 Å². The number of aromatic nitrogens is 2. The highest BCUT2D eigenvalue weighted by atomic mass is 32.1. The molecule has 2 aromatic carbocycles. The molecule has 0 bridgehead atoms. The number of hydrogen-bond acceptors (Lipinski definition) is 5. The Morgan fingerprint density at radius 3 is 2.56 bits per heavy atom. The molecule has 0 fully saturated rings. The molecule has 34 heavy (non-hydrogen) atoms. The van der Waals surface area contributed by atoms with E-state index < -0.39 is 5.91 Å². The molecular formula is C25H23FN4O3S. The van der Waals surface area contributed by atoms with Crippen LogP contribution in [-0.2, 0) is 11.3 Å². The highest BCUT2D eigenvalue weighted by Crippen LogP contribution is 2.30. The lowest BCUT2D eigenvalue weighted by Crippen LogP contribution is -2.30. The maximum absolute atomic E-state index is 13.3. The van der Waals surface area contributed by atoms with E-state index in [1.165, 1.54) is 34.4 Å². The number of halogens is 1.